The number of aromatic nitrogens is 4. The molecular weight excluding hydrogens is 371 g/mol. The minimum atomic E-state index is -4.35. The lowest BCUT2D eigenvalue weighted by Crippen LogP contribution is -2.24. The highest BCUT2D eigenvalue weighted by Crippen LogP contribution is 2.30. The van der Waals surface area contributed by atoms with Crippen LogP contribution in [-0.2, 0) is 12.6 Å². The molecule has 0 unspecified atom stereocenters. The lowest BCUT2D eigenvalue weighted by atomic mass is 9.98. The zero-order chi connectivity index (χ0) is 19.7. The van der Waals surface area contributed by atoms with Crippen molar-refractivity contribution in [1.82, 2.24) is 25.5 Å². The van der Waals surface area contributed by atoms with Gasteiger partial charge in [0.05, 0.1) is 11.7 Å². The van der Waals surface area contributed by atoms with E-state index < -0.39 is 17.8 Å². The maximum Gasteiger partial charge on any atom is 0.416 e. The zero-order valence-electron chi connectivity index (χ0n) is 14.8. The van der Waals surface area contributed by atoms with Crippen molar-refractivity contribution in [3.63, 3.8) is 0 Å². The Morgan fingerprint density at radius 3 is 2.50 bits per heavy atom. The van der Waals surface area contributed by atoms with E-state index in [9.17, 15) is 18.3 Å². The van der Waals surface area contributed by atoms with Crippen LogP contribution in [0.3, 0.4) is 0 Å². The molecule has 0 spiro atoms. The Bertz CT molecular complexity index is 955. The molecule has 2 N–H and O–H groups in total. The van der Waals surface area contributed by atoms with Gasteiger partial charge in [-0.2, -0.15) is 18.0 Å². The molecular formula is C19H18F3N5O. The standard InChI is InChI=1S/C19H18F3N5O/c20-19(21,22)14-7-5-12(6-8-14)9-13-3-1-2-4-15(13)18-24-26-27(25-18)16-10-23-11-17(16)28/h1-8,16-17,23,28H,9-11H2/t16-,17-/m1/s1. The number of alkyl halides is 3. The summed E-state index contributed by atoms with van der Waals surface area (Å²) in [5.41, 5.74) is 1.72. The maximum atomic E-state index is 12.7. The van der Waals surface area contributed by atoms with E-state index in [4.69, 9.17) is 0 Å². The van der Waals surface area contributed by atoms with Gasteiger partial charge >= 0.3 is 6.18 Å². The molecule has 28 heavy (non-hydrogen) atoms. The first-order chi connectivity index (χ1) is 13.4. The van der Waals surface area contributed by atoms with Crippen molar-refractivity contribution in [2.45, 2.75) is 24.7 Å². The van der Waals surface area contributed by atoms with Gasteiger partial charge in [-0.15, -0.1) is 10.2 Å². The van der Waals surface area contributed by atoms with Crippen LogP contribution in [0.1, 0.15) is 22.7 Å². The molecule has 4 rings (SSSR count). The lowest BCUT2D eigenvalue weighted by Gasteiger charge is -2.11. The fraction of sp³-hybridized carbons (Fsp3) is 0.316. The van der Waals surface area contributed by atoms with Crippen molar-refractivity contribution < 1.29 is 18.3 Å². The average Bonchev–Trinajstić information content (AvgIpc) is 3.31. The van der Waals surface area contributed by atoms with Crippen molar-refractivity contribution in [3.05, 3.63) is 65.2 Å². The molecule has 2 atom stereocenters. The van der Waals surface area contributed by atoms with Crippen molar-refractivity contribution in [3.8, 4) is 11.4 Å². The maximum absolute atomic E-state index is 12.7. The van der Waals surface area contributed by atoms with Crippen LogP contribution in [-0.4, -0.2) is 44.5 Å². The van der Waals surface area contributed by atoms with E-state index in [0.29, 0.717) is 25.3 Å². The molecule has 0 aliphatic carbocycles. The third-order valence-corrected chi connectivity index (χ3v) is 4.81. The van der Waals surface area contributed by atoms with Crippen molar-refractivity contribution in [2.24, 2.45) is 0 Å². The molecule has 1 fully saturated rings. The van der Waals surface area contributed by atoms with Crippen molar-refractivity contribution in [2.75, 3.05) is 13.1 Å². The summed E-state index contributed by atoms with van der Waals surface area (Å²) < 4.78 is 38.2. The van der Waals surface area contributed by atoms with E-state index in [1.54, 1.807) is 0 Å². The van der Waals surface area contributed by atoms with E-state index in [0.717, 1.165) is 28.8 Å². The molecule has 1 saturated heterocycles. The molecule has 1 aliphatic heterocycles. The molecule has 3 aromatic rings. The molecule has 9 heteroatoms. The van der Waals surface area contributed by atoms with E-state index in [2.05, 4.69) is 20.7 Å². The second kappa shape index (κ2) is 7.33. The summed E-state index contributed by atoms with van der Waals surface area (Å²) >= 11 is 0. The molecule has 6 nitrogen and oxygen atoms in total. The van der Waals surface area contributed by atoms with Gasteiger partial charge < -0.3 is 10.4 Å². The number of β-amino-alcohol motifs (C(OH)–C–C–N with tert-alkyl or cyclic N) is 1. The van der Waals surface area contributed by atoms with Crippen LogP contribution in [0.2, 0.25) is 0 Å². The predicted octanol–water partition coefficient (Wildman–Crippen LogP) is 2.45. The molecule has 1 aliphatic rings. The molecule has 2 heterocycles. The first kappa shape index (κ1) is 18.6. The second-order valence-corrected chi connectivity index (χ2v) is 6.75. The fourth-order valence-corrected chi connectivity index (χ4v) is 3.28. The normalized spacial score (nSPS) is 19.9. The van der Waals surface area contributed by atoms with Crippen LogP contribution < -0.4 is 5.32 Å². The third kappa shape index (κ3) is 3.76. The first-order valence-electron chi connectivity index (χ1n) is 8.84. The summed E-state index contributed by atoms with van der Waals surface area (Å²) in [4.78, 5) is 1.41. The number of nitrogens with one attached hydrogen (secondary N) is 1. The predicted molar refractivity (Wildman–Crippen MR) is 95.4 cm³/mol. The number of tetrazole rings is 1. The number of aliphatic hydroxyl groups excluding tert-OH is 1. The summed E-state index contributed by atoms with van der Waals surface area (Å²) in [6.45, 7) is 1.04. The minimum absolute atomic E-state index is 0.275. The summed E-state index contributed by atoms with van der Waals surface area (Å²) in [6, 6.07) is 12.3. The number of halogens is 3. The summed E-state index contributed by atoms with van der Waals surface area (Å²) in [6.07, 6.45) is -4.49. The number of aliphatic hydroxyl groups is 1. The largest absolute Gasteiger partial charge is 0.416 e. The number of hydrogen-bond acceptors (Lipinski definition) is 5. The Balaban J connectivity index is 1.58. The minimum Gasteiger partial charge on any atom is -0.389 e. The van der Waals surface area contributed by atoms with Gasteiger partial charge in [-0.05, 0) is 34.9 Å². The second-order valence-electron chi connectivity index (χ2n) is 6.75. The fourth-order valence-electron chi connectivity index (χ4n) is 3.28. The summed E-state index contributed by atoms with van der Waals surface area (Å²) in [7, 11) is 0. The molecule has 146 valence electrons. The Morgan fingerprint density at radius 2 is 1.82 bits per heavy atom. The van der Waals surface area contributed by atoms with Crippen LogP contribution in [0, 0.1) is 0 Å². The molecule has 0 bridgehead atoms. The monoisotopic (exact) mass is 389 g/mol. The lowest BCUT2D eigenvalue weighted by molar-refractivity contribution is -0.137. The van der Waals surface area contributed by atoms with Gasteiger partial charge in [0.1, 0.15) is 6.04 Å². The molecule has 0 saturated carbocycles. The summed E-state index contributed by atoms with van der Waals surface area (Å²) in [5.74, 6) is 0.418. The van der Waals surface area contributed by atoms with Crippen molar-refractivity contribution in [1.29, 1.82) is 0 Å². The van der Waals surface area contributed by atoms with Gasteiger partial charge in [0.25, 0.3) is 0 Å². The number of benzene rings is 2. The summed E-state index contributed by atoms with van der Waals surface area (Å²) in [5, 5.41) is 25.6. The molecule has 0 radical (unpaired) electrons. The Morgan fingerprint density at radius 1 is 1.07 bits per heavy atom. The van der Waals surface area contributed by atoms with Gasteiger partial charge in [-0.3, -0.25) is 0 Å². The van der Waals surface area contributed by atoms with Crippen LogP contribution in [0.5, 0.6) is 0 Å². The van der Waals surface area contributed by atoms with Crippen LogP contribution in [0.15, 0.2) is 48.5 Å². The van der Waals surface area contributed by atoms with Crippen molar-refractivity contribution >= 4 is 0 Å². The average molecular weight is 389 g/mol. The number of rotatable bonds is 4. The SMILES string of the molecule is O[C@@H]1CNC[C@H]1n1nnc(-c2ccccc2Cc2ccc(C(F)(F)F)cc2)n1. The molecule has 1 aromatic heterocycles. The smallest absolute Gasteiger partial charge is 0.389 e. The highest BCUT2D eigenvalue weighted by molar-refractivity contribution is 5.60. The van der Waals surface area contributed by atoms with Gasteiger partial charge in [0.15, 0.2) is 0 Å². The highest BCUT2D eigenvalue weighted by atomic mass is 19.4. The van der Waals surface area contributed by atoms with Gasteiger partial charge in [-0.25, -0.2) is 0 Å². The van der Waals surface area contributed by atoms with Gasteiger partial charge in [0, 0.05) is 18.7 Å². The van der Waals surface area contributed by atoms with Gasteiger partial charge in [-0.1, -0.05) is 36.4 Å². The van der Waals surface area contributed by atoms with E-state index >= 15 is 0 Å². The Hall–Kier alpha value is -2.78. The van der Waals surface area contributed by atoms with E-state index in [1.807, 2.05) is 24.3 Å². The number of nitrogens with zero attached hydrogens (tertiary/aromatic N) is 4. The first-order valence-corrected chi connectivity index (χ1v) is 8.84. The van der Waals surface area contributed by atoms with Crippen LogP contribution >= 0.6 is 0 Å². The van der Waals surface area contributed by atoms with E-state index in [-0.39, 0.29) is 6.04 Å². The Labute approximate surface area is 159 Å². The molecule has 0 amide bonds. The molecule has 2 aromatic carbocycles. The quantitative estimate of drug-likeness (QED) is 0.717. The van der Waals surface area contributed by atoms with Gasteiger partial charge in [0.2, 0.25) is 5.82 Å². The third-order valence-electron chi connectivity index (χ3n) is 4.81. The van der Waals surface area contributed by atoms with Crippen LogP contribution in [0.4, 0.5) is 13.2 Å². The zero-order valence-corrected chi connectivity index (χ0v) is 14.8. The highest BCUT2D eigenvalue weighted by Gasteiger charge is 2.30. The van der Waals surface area contributed by atoms with Crippen LogP contribution in [0.25, 0.3) is 11.4 Å². The van der Waals surface area contributed by atoms with E-state index in [1.165, 1.54) is 16.9 Å². The number of hydrogen-bond donors (Lipinski definition) is 2. The topological polar surface area (TPSA) is 75.9 Å². The Kier molecular flexibility index (Phi) is 4.86.